The zero-order valence-electron chi connectivity index (χ0n) is 15.6. The minimum absolute atomic E-state index is 0.278. The molecule has 1 fully saturated rings. The first-order valence-corrected chi connectivity index (χ1v) is 9.29. The van der Waals surface area contributed by atoms with Gasteiger partial charge in [-0.3, -0.25) is 9.58 Å². The SMILES string of the molecule is CC(C)n1cc([C@H](C)NC[C@H](c2ccccc2)N2CCOCC2)cn1. The number of aromatic nitrogens is 2. The van der Waals surface area contributed by atoms with Crippen LogP contribution >= 0.6 is 0 Å². The van der Waals surface area contributed by atoms with Crippen molar-refractivity contribution in [2.24, 2.45) is 0 Å². The highest BCUT2D eigenvalue weighted by molar-refractivity contribution is 5.20. The number of hydrogen-bond donors (Lipinski definition) is 1. The Morgan fingerprint density at radius 2 is 1.80 bits per heavy atom. The van der Waals surface area contributed by atoms with Crippen molar-refractivity contribution in [1.29, 1.82) is 0 Å². The fourth-order valence-electron chi connectivity index (χ4n) is 3.29. The molecule has 5 heteroatoms. The highest BCUT2D eigenvalue weighted by Gasteiger charge is 2.23. The number of nitrogens with one attached hydrogen (secondary N) is 1. The Kier molecular flexibility index (Phi) is 6.24. The van der Waals surface area contributed by atoms with Gasteiger partial charge in [-0.25, -0.2) is 0 Å². The van der Waals surface area contributed by atoms with Crippen LogP contribution in [0.5, 0.6) is 0 Å². The molecular formula is C20H30N4O. The van der Waals surface area contributed by atoms with Crippen LogP contribution in [0.1, 0.15) is 50.0 Å². The minimum Gasteiger partial charge on any atom is -0.379 e. The van der Waals surface area contributed by atoms with Crippen LogP contribution in [-0.4, -0.2) is 47.5 Å². The molecule has 2 heterocycles. The van der Waals surface area contributed by atoms with Gasteiger partial charge in [0.2, 0.25) is 0 Å². The van der Waals surface area contributed by atoms with E-state index in [9.17, 15) is 0 Å². The molecule has 5 nitrogen and oxygen atoms in total. The molecule has 0 aliphatic carbocycles. The van der Waals surface area contributed by atoms with Crippen LogP contribution < -0.4 is 5.32 Å². The quantitative estimate of drug-likeness (QED) is 0.839. The van der Waals surface area contributed by atoms with Crippen LogP contribution in [0.2, 0.25) is 0 Å². The van der Waals surface area contributed by atoms with Gasteiger partial charge in [0.25, 0.3) is 0 Å². The van der Waals surface area contributed by atoms with Crippen LogP contribution in [0.3, 0.4) is 0 Å². The van der Waals surface area contributed by atoms with Crippen LogP contribution in [-0.2, 0) is 4.74 Å². The number of ether oxygens (including phenoxy) is 1. The smallest absolute Gasteiger partial charge is 0.0594 e. The van der Waals surface area contributed by atoms with E-state index in [1.165, 1.54) is 11.1 Å². The summed E-state index contributed by atoms with van der Waals surface area (Å²) in [7, 11) is 0. The third-order valence-electron chi connectivity index (χ3n) is 4.94. The zero-order valence-corrected chi connectivity index (χ0v) is 15.6. The summed E-state index contributed by atoms with van der Waals surface area (Å²) in [5.74, 6) is 0. The Balaban J connectivity index is 1.67. The molecule has 1 aromatic heterocycles. The van der Waals surface area contributed by atoms with Crippen molar-refractivity contribution in [3.8, 4) is 0 Å². The lowest BCUT2D eigenvalue weighted by Gasteiger charge is -2.35. The van der Waals surface area contributed by atoms with Crippen LogP contribution in [0.15, 0.2) is 42.7 Å². The minimum atomic E-state index is 0.278. The summed E-state index contributed by atoms with van der Waals surface area (Å²) in [6.07, 6.45) is 4.12. The van der Waals surface area contributed by atoms with Crippen molar-refractivity contribution in [3.63, 3.8) is 0 Å². The van der Waals surface area contributed by atoms with Crippen LogP contribution in [0.25, 0.3) is 0 Å². The number of rotatable bonds is 7. The number of morpholine rings is 1. The van der Waals surface area contributed by atoms with Crippen molar-refractivity contribution < 1.29 is 4.74 Å². The van der Waals surface area contributed by atoms with Gasteiger partial charge in [0, 0.05) is 49.5 Å². The predicted octanol–water partition coefficient (Wildman–Crippen LogP) is 3.19. The van der Waals surface area contributed by atoms with Gasteiger partial charge in [0.15, 0.2) is 0 Å². The molecular weight excluding hydrogens is 312 g/mol. The second-order valence-electron chi connectivity index (χ2n) is 7.05. The molecule has 1 aliphatic heterocycles. The van der Waals surface area contributed by atoms with E-state index in [1.807, 2.05) is 10.9 Å². The van der Waals surface area contributed by atoms with E-state index in [0.717, 1.165) is 32.8 Å². The predicted molar refractivity (Wildman–Crippen MR) is 101 cm³/mol. The molecule has 0 bridgehead atoms. The summed E-state index contributed by atoms with van der Waals surface area (Å²) < 4.78 is 7.55. The molecule has 25 heavy (non-hydrogen) atoms. The van der Waals surface area contributed by atoms with Crippen LogP contribution in [0.4, 0.5) is 0 Å². The molecule has 1 N–H and O–H groups in total. The maximum absolute atomic E-state index is 5.53. The standard InChI is InChI=1S/C20H30N4O/c1-16(2)24-15-19(13-22-24)17(3)21-14-20(18-7-5-4-6-8-18)23-9-11-25-12-10-23/h4-8,13,15-17,20-21H,9-12,14H2,1-3H3/t17-,20+/m0/s1. The summed E-state index contributed by atoms with van der Waals surface area (Å²) in [6.45, 7) is 11.0. The summed E-state index contributed by atoms with van der Waals surface area (Å²) in [5.41, 5.74) is 2.60. The average molecular weight is 342 g/mol. The van der Waals surface area contributed by atoms with Gasteiger partial charge in [0.05, 0.1) is 19.4 Å². The van der Waals surface area contributed by atoms with Crippen molar-refractivity contribution in [3.05, 3.63) is 53.9 Å². The first-order chi connectivity index (χ1) is 12.1. The van der Waals surface area contributed by atoms with E-state index < -0.39 is 0 Å². The van der Waals surface area contributed by atoms with E-state index in [4.69, 9.17) is 4.74 Å². The molecule has 1 aliphatic rings. The van der Waals surface area contributed by atoms with Crippen molar-refractivity contribution in [2.75, 3.05) is 32.8 Å². The highest BCUT2D eigenvalue weighted by Crippen LogP contribution is 2.22. The lowest BCUT2D eigenvalue weighted by atomic mass is 10.0. The third-order valence-corrected chi connectivity index (χ3v) is 4.94. The molecule has 0 unspecified atom stereocenters. The van der Waals surface area contributed by atoms with Crippen molar-refractivity contribution in [1.82, 2.24) is 20.0 Å². The van der Waals surface area contributed by atoms with E-state index in [2.05, 4.69) is 72.6 Å². The van der Waals surface area contributed by atoms with Gasteiger partial charge < -0.3 is 10.1 Å². The molecule has 0 amide bonds. The summed E-state index contributed by atoms with van der Waals surface area (Å²) in [4.78, 5) is 2.52. The van der Waals surface area contributed by atoms with Crippen LogP contribution in [0, 0.1) is 0 Å². The Hall–Kier alpha value is -1.69. The van der Waals surface area contributed by atoms with Crippen molar-refractivity contribution in [2.45, 2.75) is 38.9 Å². The Labute approximate surface area is 151 Å². The highest BCUT2D eigenvalue weighted by atomic mass is 16.5. The third kappa shape index (κ3) is 4.69. The van der Waals surface area contributed by atoms with E-state index in [0.29, 0.717) is 12.1 Å². The molecule has 0 radical (unpaired) electrons. The Morgan fingerprint density at radius 3 is 2.44 bits per heavy atom. The second kappa shape index (κ2) is 8.61. The molecule has 3 rings (SSSR count). The fourth-order valence-corrected chi connectivity index (χ4v) is 3.29. The largest absolute Gasteiger partial charge is 0.379 e. The number of benzene rings is 1. The first-order valence-electron chi connectivity index (χ1n) is 9.29. The van der Waals surface area contributed by atoms with Gasteiger partial charge in [-0.2, -0.15) is 5.10 Å². The lowest BCUT2D eigenvalue weighted by molar-refractivity contribution is 0.0157. The molecule has 0 saturated carbocycles. The second-order valence-corrected chi connectivity index (χ2v) is 7.05. The molecule has 1 saturated heterocycles. The molecule has 1 aromatic carbocycles. The average Bonchev–Trinajstić information content (AvgIpc) is 3.14. The molecule has 2 atom stereocenters. The molecule has 0 spiro atoms. The summed E-state index contributed by atoms with van der Waals surface area (Å²) in [6, 6.07) is 11.8. The van der Waals surface area contributed by atoms with Gasteiger partial charge in [-0.05, 0) is 26.3 Å². The van der Waals surface area contributed by atoms with E-state index >= 15 is 0 Å². The molecule has 136 valence electrons. The zero-order chi connectivity index (χ0) is 17.6. The number of nitrogens with zero attached hydrogens (tertiary/aromatic N) is 3. The van der Waals surface area contributed by atoms with Crippen molar-refractivity contribution >= 4 is 0 Å². The van der Waals surface area contributed by atoms with Gasteiger partial charge >= 0.3 is 0 Å². The summed E-state index contributed by atoms with van der Waals surface area (Å²) in [5, 5.41) is 8.17. The van der Waals surface area contributed by atoms with E-state index in [-0.39, 0.29) is 6.04 Å². The molecule has 2 aromatic rings. The van der Waals surface area contributed by atoms with Gasteiger partial charge in [0.1, 0.15) is 0 Å². The topological polar surface area (TPSA) is 42.3 Å². The van der Waals surface area contributed by atoms with Gasteiger partial charge in [-0.15, -0.1) is 0 Å². The monoisotopic (exact) mass is 342 g/mol. The van der Waals surface area contributed by atoms with E-state index in [1.54, 1.807) is 0 Å². The fraction of sp³-hybridized carbons (Fsp3) is 0.550. The lowest BCUT2D eigenvalue weighted by Crippen LogP contribution is -2.43. The van der Waals surface area contributed by atoms with Gasteiger partial charge in [-0.1, -0.05) is 30.3 Å². The normalized spacial score (nSPS) is 18.4. The summed E-state index contributed by atoms with van der Waals surface area (Å²) >= 11 is 0. The number of hydrogen-bond acceptors (Lipinski definition) is 4. The Bertz CT molecular complexity index is 634. The Morgan fingerprint density at radius 1 is 1.08 bits per heavy atom. The maximum atomic E-state index is 5.53. The maximum Gasteiger partial charge on any atom is 0.0594 e. The first kappa shape index (κ1) is 18.1.